The quantitative estimate of drug-likeness (QED) is 0.482. The number of rotatable bonds is 4. The molecule has 6 nitrogen and oxygen atoms in total. The van der Waals surface area contributed by atoms with E-state index in [0.717, 1.165) is 10.8 Å². The van der Waals surface area contributed by atoms with Crippen LogP contribution in [-0.4, -0.2) is 29.4 Å². The van der Waals surface area contributed by atoms with Crippen molar-refractivity contribution in [2.45, 2.75) is 0 Å². The van der Waals surface area contributed by atoms with Gasteiger partial charge in [-0.05, 0) is 40.6 Å². The van der Waals surface area contributed by atoms with Crippen molar-refractivity contribution in [3.63, 3.8) is 0 Å². The molecule has 0 saturated carbocycles. The maximum atomic E-state index is 12.3. The van der Waals surface area contributed by atoms with Crippen LogP contribution in [0.5, 0.6) is 17.2 Å². The SMILES string of the molecule is COc1cc(C=NNC(=O)c2cc3ccccc3cc2O)cc(Cl)c1O. The Balaban J connectivity index is 1.80. The minimum Gasteiger partial charge on any atom is -0.507 e. The molecule has 132 valence electrons. The van der Waals surface area contributed by atoms with Gasteiger partial charge in [-0.1, -0.05) is 35.9 Å². The molecule has 0 spiro atoms. The normalized spacial score (nSPS) is 11.0. The van der Waals surface area contributed by atoms with Gasteiger partial charge < -0.3 is 14.9 Å². The molecule has 0 heterocycles. The van der Waals surface area contributed by atoms with Gasteiger partial charge in [0.1, 0.15) is 5.75 Å². The van der Waals surface area contributed by atoms with Crippen LogP contribution in [0.4, 0.5) is 0 Å². The first kappa shape index (κ1) is 17.6. The van der Waals surface area contributed by atoms with E-state index in [0.29, 0.717) is 5.56 Å². The highest BCUT2D eigenvalue weighted by Crippen LogP contribution is 2.34. The molecule has 3 aromatic carbocycles. The molecule has 0 radical (unpaired) electrons. The molecule has 0 bridgehead atoms. The molecule has 26 heavy (non-hydrogen) atoms. The van der Waals surface area contributed by atoms with Gasteiger partial charge in [0.15, 0.2) is 11.5 Å². The number of amides is 1. The minimum atomic E-state index is -0.554. The molecule has 0 fully saturated rings. The summed E-state index contributed by atoms with van der Waals surface area (Å²) in [5.74, 6) is -0.666. The molecule has 3 rings (SSSR count). The molecule has 1 amide bonds. The molecule has 0 saturated heterocycles. The van der Waals surface area contributed by atoms with Gasteiger partial charge in [0.05, 0.1) is 23.9 Å². The van der Waals surface area contributed by atoms with Crippen molar-refractivity contribution in [1.82, 2.24) is 5.43 Å². The van der Waals surface area contributed by atoms with E-state index in [1.165, 1.54) is 31.5 Å². The molecule has 0 aliphatic rings. The van der Waals surface area contributed by atoms with Crippen molar-refractivity contribution >= 4 is 34.5 Å². The van der Waals surface area contributed by atoms with Crippen LogP contribution in [-0.2, 0) is 0 Å². The average molecular weight is 371 g/mol. The van der Waals surface area contributed by atoms with Crippen molar-refractivity contribution in [1.29, 1.82) is 0 Å². The number of halogens is 1. The molecule has 3 N–H and O–H groups in total. The Labute approximate surface area is 154 Å². The highest BCUT2D eigenvalue weighted by molar-refractivity contribution is 6.32. The number of carbonyl (C=O) groups is 1. The van der Waals surface area contributed by atoms with E-state index in [2.05, 4.69) is 10.5 Å². The summed E-state index contributed by atoms with van der Waals surface area (Å²) in [6.07, 6.45) is 1.35. The second-order valence-corrected chi connectivity index (χ2v) is 5.88. The number of fused-ring (bicyclic) bond motifs is 1. The van der Waals surface area contributed by atoms with Gasteiger partial charge in [0.2, 0.25) is 0 Å². The van der Waals surface area contributed by atoms with Crippen LogP contribution in [0.15, 0.2) is 53.6 Å². The van der Waals surface area contributed by atoms with E-state index in [9.17, 15) is 15.0 Å². The predicted octanol–water partition coefficient (Wildman–Crippen LogP) is 3.68. The van der Waals surface area contributed by atoms with Crippen molar-refractivity contribution in [3.05, 3.63) is 64.7 Å². The lowest BCUT2D eigenvalue weighted by molar-refractivity contribution is 0.0952. The molecule has 7 heteroatoms. The summed E-state index contributed by atoms with van der Waals surface area (Å²) in [4.78, 5) is 12.3. The first-order valence-corrected chi connectivity index (χ1v) is 7.99. The summed E-state index contributed by atoms with van der Waals surface area (Å²) in [5.41, 5.74) is 2.98. The number of carbonyl (C=O) groups excluding carboxylic acids is 1. The second-order valence-electron chi connectivity index (χ2n) is 5.47. The topological polar surface area (TPSA) is 91.2 Å². The van der Waals surface area contributed by atoms with E-state index in [1.54, 1.807) is 6.07 Å². The number of nitrogens with one attached hydrogen (secondary N) is 1. The summed E-state index contributed by atoms with van der Waals surface area (Å²) >= 11 is 5.90. The number of hydrogen-bond donors (Lipinski definition) is 3. The summed E-state index contributed by atoms with van der Waals surface area (Å²) in [6, 6.07) is 13.5. The number of hydrazone groups is 1. The van der Waals surface area contributed by atoms with Crippen LogP contribution in [0.1, 0.15) is 15.9 Å². The van der Waals surface area contributed by atoms with Gasteiger partial charge in [-0.3, -0.25) is 4.79 Å². The molecule has 0 unspecified atom stereocenters. The van der Waals surface area contributed by atoms with Crippen LogP contribution in [0.2, 0.25) is 5.02 Å². The molecule has 0 atom stereocenters. The lowest BCUT2D eigenvalue weighted by atomic mass is 10.1. The van der Waals surface area contributed by atoms with Crippen LogP contribution < -0.4 is 10.2 Å². The van der Waals surface area contributed by atoms with Crippen LogP contribution >= 0.6 is 11.6 Å². The van der Waals surface area contributed by atoms with Crippen molar-refractivity contribution < 1.29 is 19.7 Å². The minimum absolute atomic E-state index is 0.101. The first-order chi connectivity index (χ1) is 12.5. The van der Waals surface area contributed by atoms with Gasteiger partial charge in [-0.2, -0.15) is 5.10 Å². The lowest BCUT2D eigenvalue weighted by Gasteiger charge is -2.07. The van der Waals surface area contributed by atoms with E-state index >= 15 is 0 Å². The summed E-state index contributed by atoms with van der Waals surface area (Å²) in [7, 11) is 1.40. The highest BCUT2D eigenvalue weighted by Gasteiger charge is 2.12. The van der Waals surface area contributed by atoms with Crippen LogP contribution in [0.3, 0.4) is 0 Å². The van der Waals surface area contributed by atoms with Crippen LogP contribution in [0.25, 0.3) is 10.8 Å². The first-order valence-electron chi connectivity index (χ1n) is 7.61. The van der Waals surface area contributed by atoms with Crippen molar-refractivity contribution in [2.24, 2.45) is 5.10 Å². The number of methoxy groups -OCH3 is 1. The fourth-order valence-electron chi connectivity index (χ4n) is 2.46. The van der Waals surface area contributed by atoms with E-state index in [-0.39, 0.29) is 27.8 Å². The fourth-order valence-corrected chi connectivity index (χ4v) is 2.68. The highest BCUT2D eigenvalue weighted by atomic mass is 35.5. The average Bonchev–Trinajstić information content (AvgIpc) is 2.63. The monoisotopic (exact) mass is 370 g/mol. The third-order valence-corrected chi connectivity index (χ3v) is 4.05. The summed E-state index contributed by atoms with van der Waals surface area (Å²) in [6.45, 7) is 0. The molecule has 3 aromatic rings. The third-order valence-electron chi connectivity index (χ3n) is 3.76. The zero-order chi connectivity index (χ0) is 18.7. The van der Waals surface area contributed by atoms with Crippen molar-refractivity contribution in [2.75, 3.05) is 7.11 Å². The Bertz CT molecular complexity index is 1020. The number of aromatic hydroxyl groups is 2. The van der Waals surface area contributed by atoms with E-state index < -0.39 is 5.91 Å². The molecular weight excluding hydrogens is 356 g/mol. The third kappa shape index (κ3) is 3.55. The largest absolute Gasteiger partial charge is 0.507 e. The van der Waals surface area contributed by atoms with Crippen LogP contribution in [0, 0.1) is 0 Å². The molecule has 0 aromatic heterocycles. The standard InChI is InChI=1S/C19H15ClN2O4/c1-26-17-7-11(6-15(20)18(17)24)10-21-22-19(25)14-8-12-4-2-3-5-13(12)9-16(14)23/h2-10,23-24H,1H3,(H,22,25). The number of ether oxygens (including phenoxy) is 1. The van der Waals surface area contributed by atoms with Gasteiger partial charge in [-0.25, -0.2) is 5.43 Å². The zero-order valence-corrected chi connectivity index (χ0v) is 14.5. The lowest BCUT2D eigenvalue weighted by Crippen LogP contribution is -2.17. The second kappa shape index (κ2) is 7.33. The molecule has 0 aliphatic carbocycles. The number of phenols is 2. The Morgan fingerprint density at radius 3 is 2.54 bits per heavy atom. The Morgan fingerprint density at radius 1 is 1.15 bits per heavy atom. The molecular formula is C19H15ClN2O4. The Kier molecular flexibility index (Phi) is 4.95. The van der Waals surface area contributed by atoms with Gasteiger partial charge in [-0.15, -0.1) is 0 Å². The smallest absolute Gasteiger partial charge is 0.275 e. The molecule has 0 aliphatic heterocycles. The Hall–Kier alpha value is -3.25. The van der Waals surface area contributed by atoms with Gasteiger partial charge >= 0.3 is 0 Å². The Morgan fingerprint density at radius 2 is 1.85 bits per heavy atom. The maximum absolute atomic E-state index is 12.3. The summed E-state index contributed by atoms with van der Waals surface area (Å²) < 4.78 is 5.00. The number of benzene rings is 3. The zero-order valence-electron chi connectivity index (χ0n) is 13.7. The maximum Gasteiger partial charge on any atom is 0.275 e. The number of phenolic OH excluding ortho intramolecular Hbond substituents is 2. The predicted molar refractivity (Wildman–Crippen MR) is 100 cm³/mol. The van der Waals surface area contributed by atoms with Gasteiger partial charge in [0, 0.05) is 0 Å². The van der Waals surface area contributed by atoms with E-state index in [4.69, 9.17) is 16.3 Å². The van der Waals surface area contributed by atoms with Gasteiger partial charge in [0.25, 0.3) is 5.91 Å². The number of nitrogens with zero attached hydrogens (tertiary/aromatic N) is 1. The summed E-state index contributed by atoms with van der Waals surface area (Å²) in [5, 5.41) is 25.4. The number of hydrogen-bond acceptors (Lipinski definition) is 5. The van der Waals surface area contributed by atoms with E-state index in [1.807, 2.05) is 24.3 Å². The van der Waals surface area contributed by atoms with Crippen molar-refractivity contribution in [3.8, 4) is 17.2 Å². The fraction of sp³-hybridized carbons (Fsp3) is 0.0526.